The van der Waals surface area contributed by atoms with Crippen LogP contribution in [0.2, 0.25) is 0 Å². The van der Waals surface area contributed by atoms with E-state index < -0.39 is 0 Å². The molecule has 0 bridgehead atoms. The lowest BCUT2D eigenvalue weighted by atomic mass is 9.81. The first-order valence-electron chi connectivity index (χ1n) is 7.67. The third kappa shape index (κ3) is 5.50. The number of thiol groups is 1. The number of hydrogen-bond acceptors (Lipinski definition) is 3. The topological polar surface area (TPSA) is 12.5 Å². The molecule has 0 unspecified atom stereocenters. The molecule has 18 heavy (non-hydrogen) atoms. The smallest absolute Gasteiger partial charge is 0.0472 e. The molecule has 0 N–H and O–H groups in total. The van der Waals surface area contributed by atoms with Crippen molar-refractivity contribution in [3.63, 3.8) is 0 Å². The monoisotopic (exact) mass is 273 g/mol. The molecule has 3 heteroatoms. The minimum Gasteiger partial charge on any atom is -0.381 e. The molecule has 0 aliphatic carbocycles. The Morgan fingerprint density at radius 1 is 1.06 bits per heavy atom. The Labute approximate surface area is 119 Å². The fourth-order valence-corrected chi connectivity index (χ4v) is 3.09. The van der Waals surface area contributed by atoms with Crippen molar-refractivity contribution in [1.29, 1.82) is 0 Å². The van der Waals surface area contributed by atoms with Crippen LogP contribution in [0, 0.1) is 5.41 Å². The Balaban J connectivity index is 2.49. The first-order chi connectivity index (χ1) is 8.76. The quantitative estimate of drug-likeness (QED) is 0.644. The van der Waals surface area contributed by atoms with Crippen LogP contribution in [-0.2, 0) is 4.74 Å². The zero-order valence-electron chi connectivity index (χ0n) is 12.3. The Morgan fingerprint density at radius 2 is 1.61 bits per heavy atom. The Kier molecular flexibility index (Phi) is 8.36. The van der Waals surface area contributed by atoms with Crippen molar-refractivity contribution < 1.29 is 4.74 Å². The van der Waals surface area contributed by atoms with Crippen molar-refractivity contribution in [3.05, 3.63) is 0 Å². The number of hydrogen-bond donors (Lipinski definition) is 1. The summed E-state index contributed by atoms with van der Waals surface area (Å²) >= 11 is 4.62. The maximum absolute atomic E-state index is 5.52. The summed E-state index contributed by atoms with van der Waals surface area (Å²) in [5, 5.41) is 0. The van der Waals surface area contributed by atoms with Gasteiger partial charge in [-0.05, 0) is 49.9 Å². The first kappa shape index (κ1) is 16.3. The van der Waals surface area contributed by atoms with Crippen molar-refractivity contribution >= 4 is 12.6 Å². The van der Waals surface area contributed by atoms with Gasteiger partial charge in [0.05, 0.1) is 0 Å². The highest BCUT2D eigenvalue weighted by Crippen LogP contribution is 2.33. The van der Waals surface area contributed by atoms with E-state index in [-0.39, 0.29) is 0 Å². The summed E-state index contributed by atoms with van der Waals surface area (Å²) in [5.74, 6) is 1.01. The molecular weight excluding hydrogens is 242 g/mol. The van der Waals surface area contributed by atoms with Gasteiger partial charge < -0.3 is 9.64 Å². The van der Waals surface area contributed by atoms with Crippen molar-refractivity contribution in [2.75, 3.05) is 38.6 Å². The van der Waals surface area contributed by atoms with E-state index in [1.54, 1.807) is 0 Å². The van der Waals surface area contributed by atoms with E-state index in [0.29, 0.717) is 5.41 Å². The molecule has 0 amide bonds. The number of ether oxygens (including phenoxy) is 1. The molecule has 1 rings (SSSR count). The van der Waals surface area contributed by atoms with Gasteiger partial charge in [-0.3, -0.25) is 0 Å². The average molecular weight is 273 g/mol. The van der Waals surface area contributed by atoms with Gasteiger partial charge >= 0.3 is 0 Å². The summed E-state index contributed by atoms with van der Waals surface area (Å²) in [7, 11) is 0. The lowest BCUT2D eigenvalue weighted by molar-refractivity contribution is 0.00730. The molecule has 1 fully saturated rings. The highest BCUT2D eigenvalue weighted by Gasteiger charge is 2.32. The molecule has 0 aromatic rings. The molecule has 0 radical (unpaired) electrons. The zero-order valence-corrected chi connectivity index (χ0v) is 13.2. The summed E-state index contributed by atoms with van der Waals surface area (Å²) in [4.78, 5) is 2.68. The van der Waals surface area contributed by atoms with Crippen molar-refractivity contribution in [1.82, 2.24) is 4.90 Å². The molecule has 2 nitrogen and oxygen atoms in total. The fourth-order valence-electron chi connectivity index (χ4n) is 2.68. The lowest BCUT2D eigenvalue weighted by Crippen LogP contribution is -2.43. The van der Waals surface area contributed by atoms with Crippen LogP contribution in [0.1, 0.15) is 52.4 Å². The van der Waals surface area contributed by atoms with Crippen LogP contribution < -0.4 is 0 Å². The minimum absolute atomic E-state index is 0.406. The van der Waals surface area contributed by atoms with Crippen molar-refractivity contribution in [3.8, 4) is 0 Å². The van der Waals surface area contributed by atoms with Gasteiger partial charge in [0.1, 0.15) is 0 Å². The molecule has 0 saturated carbocycles. The van der Waals surface area contributed by atoms with Crippen LogP contribution in [0.4, 0.5) is 0 Å². The second kappa shape index (κ2) is 9.22. The molecule has 108 valence electrons. The second-order valence-electron chi connectivity index (χ2n) is 5.75. The van der Waals surface area contributed by atoms with E-state index in [9.17, 15) is 0 Å². The molecular formula is C15H31NOS. The Morgan fingerprint density at radius 3 is 2.06 bits per heavy atom. The van der Waals surface area contributed by atoms with Crippen LogP contribution in [-0.4, -0.2) is 43.5 Å². The molecule has 0 aromatic carbocycles. The predicted octanol–water partition coefficient (Wildman–Crippen LogP) is 3.62. The number of rotatable bonds is 9. The van der Waals surface area contributed by atoms with Gasteiger partial charge in [-0.1, -0.05) is 26.7 Å². The number of nitrogens with zero attached hydrogens (tertiary/aromatic N) is 1. The van der Waals surface area contributed by atoms with Crippen LogP contribution in [0.5, 0.6) is 0 Å². The molecule has 0 spiro atoms. The minimum atomic E-state index is 0.406. The van der Waals surface area contributed by atoms with Gasteiger partial charge in [0.2, 0.25) is 0 Å². The normalized spacial score (nSPS) is 19.3. The van der Waals surface area contributed by atoms with Crippen molar-refractivity contribution in [2.24, 2.45) is 5.41 Å². The maximum Gasteiger partial charge on any atom is 0.0472 e. The van der Waals surface area contributed by atoms with Crippen molar-refractivity contribution in [2.45, 2.75) is 52.4 Å². The Hall–Kier alpha value is 0.270. The van der Waals surface area contributed by atoms with Gasteiger partial charge in [0.15, 0.2) is 0 Å². The van der Waals surface area contributed by atoms with E-state index in [1.165, 1.54) is 58.2 Å². The summed E-state index contributed by atoms with van der Waals surface area (Å²) in [6.45, 7) is 10.1. The van der Waals surface area contributed by atoms with Crippen LogP contribution in [0.3, 0.4) is 0 Å². The van der Waals surface area contributed by atoms with Crippen LogP contribution >= 0.6 is 12.6 Å². The molecule has 1 heterocycles. The summed E-state index contributed by atoms with van der Waals surface area (Å²) in [6.07, 6.45) is 7.60. The summed E-state index contributed by atoms with van der Waals surface area (Å²) < 4.78 is 5.52. The van der Waals surface area contributed by atoms with E-state index in [0.717, 1.165) is 19.0 Å². The highest BCUT2D eigenvalue weighted by atomic mass is 32.1. The van der Waals surface area contributed by atoms with Gasteiger partial charge in [-0.15, -0.1) is 0 Å². The molecule has 0 aromatic heterocycles. The van der Waals surface area contributed by atoms with E-state index in [4.69, 9.17) is 4.74 Å². The van der Waals surface area contributed by atoms with Crippen LogP contribution in [0.15, 0.2) is 0 Å². The van der Waals surface area contributed by atoms with Gasteiger partial charge in [0.25, 0.3) is 0 Å². The zero-order chi connectivity index (χ0) is 13.3. The number of unbranched alkanes of at least 4 members (excludes halogenated alkanes) is 2. The average Bonchev–Trinajstić information content (AvgIpc) is 2.43. The first-order valence-corrected chi connectivity index (χ1v) is 8.30. The lowest BCUT2D eigenvalue weighted by Gasteiger charge is -2.40. The fraction of sp³-hybridized carbons (Fsp3) is 1.00. The largest absolute Gasteiger partial charge is 0.381 e. The van der Waals surface area contributed by atoms with Crippen LogP contribution in [0.25, 0.3) is 0 Å². The maximum atomic E-state index is 5.52. The summed E-state index contributed by atoms with van der Waals surface area (Å²) in [5.41, 5.74) is 0.406. The predicted molar refractivity (Wildman–Crippen MR) is 82.6 cm³/mol. The molecule has 0 atom stereocenters. The summed E-state index contributed by atoms with van der Waals surface area (Å²) in [6, 6.07) is 0. The van der Waals surface area contributed by atoms with Gasteiger partial charge in [0, 0.05) is 19.8 Å². The van der Waals surface area contributed by atoms with Gasteiger partial charge in [-0.2, -0.15) is 12.6 Å². The SMILES string of the molecule is CCCCN(CCCC)CC1(CS)CCOCC1. The van der Waals surface area contributed by atoms with E-state index in [1.807, 2.05) is 0 Å². The second-order valence-corrected chi connectivity index (χ2v) is 6.07. The standard InChI is InChI=1S/C15H31NOS/c1-3-5-9-16(10-6-4-2)13-15(14-18)7-11-17-12-8-15/h18H,3-14H2,1-2H3. The molecule has 1 aliphatic heterocycles. The molecule has 1 saturated heterocycles. The van der Waals surface area contributed by atoms with Gasteiger partial charge in [-0.25, -0.2) is 0 Å². The van der Waals surface area contributed by atoms with E-state index in [2.05, 4.69) is 31.4 Å². The third-order valence-electron chi connectivity index (χ3n) is 4.10. The third-order valence-corrected chi connectivity index (χ3v) is 4.77. The highest BCUT2D eigenvalue weighted by molar-refractivity contribution is 7.80. The molecule has 1 aliphatic rings. The Bertz CT molecular complexity index is 197. The van der Waals surface area contributed by atoms with E-state index >= 15 is 0 Å².